The van der Waals surface area contributed by atoms with Crippen LogP contribution in [0.15, 0.2) is 164 Å². The fourth-order valence-corrected chi connectivity index (χ4v) is 13.5. The van der Waals surface area contributed by atoms with Crippen molar-refractivity contribution in [1.82, 2.24) is 0 Å². The molecule has 0 bridgehead atoms. The number of benzene rings is 7. The van der Waals surface area contributed by atoms with E-state index in [4.69, 9.17) is 9.47 Å². The van der Waals surface area contributed by atoms with E-state index < -0.39 is 8.07 Å². The van der Waals surface area contributed by atoms with Crippen molar-refractivity contribution in [2.45, 2.75) is 0 Å². The Morgan fingerprint density at radius 2 is 0.978 bits per heavy atom. The Morgan fingerprint density at radius 3 is 1.74 bits per heavy atom. The van der Waals surface area contributed by atoms with E-state index in [2.05, 4.69) is 158 Å². The van der Waals surface area contributed by atoms with E-state index in [0.717, 1.165) is 28.5 Å². The van der Waals surface area contributed by atoms with Gasteiger partial charge in [-0.2, -0.15) is 0 Å². The van der Waals surface area contributed by atoms with Crippen LogP contribution < -0.4 is 46.6 Å². The minimum Gasteiger partial charge on any atom is -0.458 e. The molecule has 0 unspecified atom stereocenters. The van der Waals surface area contributed by atoms with Gasteiger partial charge >= 0.3 is 0 Å². The standard InChI is InChI=1S/C42H27BO2Si/c1-3-14-28(15-4-1)46(29-16-5-2-6-17-29)38-25-12-9-19-31(38)30-18-7-8-20-32(30)40-39(46)27-26-34-42(40)45-37-24-13-23-36-41(37)43(34)33-21-10-11-22-35(33)44-36/h1-27H. The number of hydrogen-bond acceptors (Lipinski definition) is 2. The molecule has 7 aromatic rings. The van der Waals surface area contributed by atoms with E-state index in [0.29, 0.717) is 0 Å². The summed E-state index contributed by atoms with van der Waals surface area (Å²) in [6.07, 6.45) is 0. The highest BCUT2D eigenvalue weighted by Crippen LogP contribution is 2.43. The topological polar surface area (TPSA) is 18.5 Å². The van der Waals surface area contributed by atoms with E-state index in [-0.39, 0.29) is 6.71 Å². The predicted octanol–water partition coefficient (Wildman–Crippen LogP) is 5.44. The van der Waals surface area contributed by atoms with Crippen molar-refractivity contribution in [3.05, 3.63) is 164 Å². The van der Waals surface area contributed by atoms with Crippen molar-refractivity contribution in [1.29, 1.82) is 0 Å². The van der Waals surface area contributed by atoms with Crippen LogP contribution in [0.5, 0.6) is 23.0 Å². The third-order valence-corrected chi connectivity index (χ3v) is 15.0. The highest BCUT2D eigenvalue weighted by atomic mass is 28.3. The molecule has 0 spiro atoms. The Hall–Kier alpha value is -5.58. The van der Waals surface area contributed by atoms with E-state index in [1.807, 2.05) is 6.07 Å². The summed E-state index contributed by atoms with van der Waals surface area (Å²) in [5.74, 6) is 3.59. The van der Waals surface area contributed by atoms with Crippen LogP contribution in [0.2, 0.25) is 0 Å². The van der Waals surface area contributed by atoms with Gasteiger partial charge in [0.2, 0.25) is 0 Å². The fraction of sp³-hybridized carbons (Fsp3) is 0. The average molecular weight is 603 g/mol. The summed E-state index contributed by atoms with van der Waals surface area (Å²) < 4.78 is 13.6. The van der Waals surface area contributed by atoms with Crippen LogP contribution in [0.4, 0.5) is 0 Å². The van der Waals surface area contributed by atoms with Crippen LogP contribution >= 0.6 is 0 Å². The van der Waals surface area contributed by atoms with Crippen LogP contribution in [-0.2, 0) is 0 Å². The molecular formula is C42H27BO2Si. The molecule has 0 saturated carbocycles. The Morgan fingerprint density at radius 1 is 0.391 bits per heavy atom. The molecule has 214 valence electrons. The Kier molecular flexibility index (Phi) is 5.43. The fourth-order valence-electron chi connectivity index (χ4n) is 8.31. The molecule has 7 aromatic carbocycles. The molecule has 0 radical (unpaired) electrons. The molecule has 0 saturated heterocycles. The first kappa shape index (κ1) is 25.7. The van der Waals surface area contributed by atoms with Crippen LogP contribution in [0.25, 0.3) is 22.3 Å². The second-order valence-electron chi connectivity index (χ2n) is 12.3. The Balaban J connectivity index is 1.40. The smallest absolute Gasteiger partial charge is 0.260 e. The minimum absolute atomic E-state index is 0.00695. The Labute approximate surface area is 269 Å². The van der Waals surface area contributed by atoms with Crippen molar-refractivity contribution in [3.63, 3.8) is 0 Å². The van der Waals surface area contributed by atoms with Gasteiger partial charge in [0.1, 0.15) is 23.0 Å². The van der Waals surface area contributed by atoms with Gasteiger partial charge in [-0.1, -0.05) is 146 Å². The van der Waals surface area contributed by atoms with E-state index in [1.54, 1.807) is 0 Å². The first-order valence-electron chi connectivity index (χ1n) is 15.9. The van der Waals surface area contributed by atoms with Gasteiger partial charge in [-0.05, 0) is 66.6 Å². The van der Waals surface area contributed by atoms with E-state index >= 15 is 0 Å². The molecule has 0 N–H and O–H groups in total. The van der Waals surface area contributed by atoms with Crippen LogP contribution in [0.1, 0.15) is 0 Å². The number of hydrogen-bond donors (Lipinski definition) is 0. The second kappa shape index (κ2) is 9.71. The summed E-state index contributed by atoms with van der Waals surface area (Å²) in [4.78, 5) is 0. The lowest BCUT2D eigenvalue weighted by molar-refractivity contribution is 0.465. The maximum absolute atomic E-state index is 7.16. The molecule has 0 amide bonds. The molecule has 2 nitrogen and oxygen atoms in total. The molecule has 0 fully saturated rings. The molecule has 46 heavy (non-hydrogen) atoms. The van der Waals surface area contributed by atoms with Gasteiger partial charge in [0.05, 0.1) is 0 Å². The minimum atomic E-state index is -2.88. The molecule has 0 atom stereocenters. The monoisotopic (exact) mass is 602 g/mol. The highest BCUT2D eigenvalue weighted by molar-refractivity contribution is 7.21. The molecular weight excluding hydrogens is 575 g/mol. The number of ether oxygens (including phenoxy) is 2. The number of fused-ring (bicyclic) bond motifs is 10. The molecule has 4 heteroatoms. The van der Waals surface area contributed by atoms with Crippen molar-refractivity contribution < 1.29 is 9.47 Å². The van der Waals surface area contributed by atoms with Gasteiger partial charge in [-0.3, -0.25) is 0 Å². The first-order valence-corrected chi connectivity index (χ1v) is 17.9. The summed E-state index contributed by atoms with van der Waals surface area (Å²) in [6.45, 7) is 0.00695. The maximum Gasteiger partial charge on any atom is 0.260 e. The van der Waals surface area contributed by atoms with Crippen molar-refractivity contribution in [3.8, 4) is 45.3 Å². The van der Waals surface area contributed by atoms with Crippen molar-refractivity contribution >= 4 is 51.9 Å². The van der Waals surface area contributed by atoms with Gasteiger partial charge in [-0.15, -0.1) is 0 Å². The van der Waals surface area contributed by atoms with Gasteiger partial charge in [-0.25, -0.2) is 0 Å². The largest absolute Gasteiger partial charge is 0.458 e. The summed E-state index contributed by atoms with van der Waals surface area (Å²) in [7, 11) is -2.88. The highest BCUT2D eigenvalue weighted by Gasteiger charge is 2.49. The van der Waals surface area contributed by atoms with Crippen LogP contribution in [-0.4, -0.2) is 14.8 Å². The number of rotatable bonds is 2. The summed E-state index contributed by atoms with van der Waals surface area (Å²) in [5, 5.41) is 5.46. The predicted molar refractivity (Wildman–Crippen MR) is 192 cm³/mol. The van der Waals surface area contributed by atoms with E-state index in [9.17, 15) is 0 Å². The average Bonchev–Trinajstić information content (AvgIpc) is 3.24. The maximum atomic E-state index is 7.16. The number of para-hydroxylation sites is 1. The van der Waals surface area contributed by atoms with E-state index in [1.165, 1.54) is 53.9 Å². The van der Waals surface area contributed by atoms with Crippen LogP contribution in [0.3, 0.4) is 0 Å². The lowest BCUT2D eigenvalue weighted by atomic mass is 9.34. The summed E-state index contributed by atoms with van der Waals surface area (Å²) in [5.41, 5.74) is 8.40. The first-order chi connectivity index (χ1) is 22.8. The van der Waals surface area contributed by atoms with Gasteiger partial charge < -0.3 is 9.47 Å². The molecule has 3 aliphatic heterocycles. The van der Waals surface area contributed by atoms with Crippen molar-refractivity contribution in [2.75, 3.05) is 0 Å². The van der Waals surface area contributed by atoms with Gasteiger partial charge in [0.15, 0.2) is 8.07 Å². The quantitative estimate of drug-likeness (QED) is 0.246. The molecule has 0 aromatic heterocycles. The summed E-state index contributed by atoms with van der Waals surface area (Å²) in [6, 6.07) is 59.8. The zero-order valence-corrected chi connectivity index (χ0v) is 26.0. The zero-order chi connectivity index (χ0) is 30.2. The normalized spacial score (nSPS) is 14.1. The molecule has 10 rings (SSSR count). The molecule has 3 aliphatic rings. The lowest BCUT2D eigenvalue weighted by Crippen LogP contribution is -2.75. The zero-order valence-electron chi connectivity index (χ0n) is 25.0. The molecule has 3 heterocycles. The third kappa shape index (κ3) is 3.37. The SMILES string of the molecule is c1ccc([Si]2(c3ccccc3)c3ccccc3-c3ccccc3-c3c2ccc2c3Oc3cccc4c3B2c2ccccc2O4)cc1. The summed E-state index contributed by atoms with van der Waals surface area (Å²) >= 11 is 0. The van der Waals surface area contributed by atoms with Crippen LogP contribution in [0, 0.1) is 0 Å². The van der Waals surface area contributed by atoms with Gasteiger partial charge in [0.25, 0.3) is 6.71 Å². The Bertz CT molecular complexity index is 2290. The second-order valence-corrected chi connectivity index (χ2v) is 16.1. The molecule has 0 aliphatic carbocycles. The van der Waals surface area contributed by atoms with Gasteiger partial charge in [0, 0.05) is 11.0 Å². The van der Waals surface area contributed by atoms with Crippen molar-refractivity contribution in [2.24, 2.45) is 0 Å². The lowest BCUT2D eigenvalue weighted by Gasteiger charge is -2.38. The third-order valence-electron chi connectivity index (χ3n) is 10.1.